The normalized spacial score (nSPS) is 37.9. The lowest BCUT2D eigenvalue weighted by atomic mass is 9.80. The average Bonchev–Trinajstić information content (AvgIpc) is 1.99. The predicted molar refractivity (Wildman–Crippen MR) is 37.6 cm³/mol. The van der Waals surface area contributed by atoms with Crippen LogP contribution in [0.25, 0.3) is 0 Å². The van der Waals surface area contributed by atoms with Gasteiger partial charge in [0.1, 0.15) is 0 Å². The lowest BCUT2D eigenvalue weighted by molar-refractivity contribution is 0.169. The standard InChI is InChI=1S/C6H12BNO/c7-5-2-1-3-8-4-6(5)9/h5-6,8-9H,1-4H2. The first-order valence-corrected chi connectivity index (χ1v) is 3.45. The van der Waals surface area contributed by atoms with Crippen molar-refractivity contribution < 1.29 is 5.11 Å². The van der Waals surface area contributed by atoms with Crippen LogP contribution >= 0.6 is 0 Å². The van der Waals surface area contributed by atoms with Crippen molar-refractivity contribution in [2.75, 3.05) is 13.1 Å². The molecule has 2 radical (unpaired) electrons. The van der Waals surface area contributed by atoms with Gasteiger partial charge in [-0.2, -0.15) is 0 Å². The molecule has 9 heavy (non-hydrogen) atoms. The Labute approximate surface area is 57.1 Å². The van der Waals surface area contributed by atoms with E-state index in [1.54, 1.807) is 0 Å². The average molecular weight is 125 g/mol. The van der Waals surface area contributed by atoms with Crippen molar-refractivity contribution in [1.82, 2.24) is 5.32 Å². The summed E-state index contributed by atoms with van der Waals surface area (Å²) in [5.74, 6) is -0.0139. The molecule has 1 aliphatic heterocycles. The molecule has 2 nitrogen and oxygen atoms in total. The topological polar surface area (TPSA) is 32.3 Å². The minimum Gasteiger partial charge on any atom is -0.392 e. The highest BCUT2D eigenvalue weighted by Crippen LogP contribution is 2.15. The molecule has 1 saturated heterocycles. The van der Waals surface area contributed by atoms with E-state index in [9.17, 15) is 5.11 Å². The first kappa shape index (κ1) is 7.10. The molecule has 2 unspecified atom stereocenters. The second kappa shape index (κ2) is 3.23. The molecule has 2 atom stereocenters. The molecule has 0 aliphatic carbocycles. The molecule has 50 valence electrons. The molecule has 0 amide bonds. The maximum Gasteiger partial charge on any atom is 0.0735 e. The van der Waals surface area contributed by atoms with Gasteiger partial charge in [-0.1, -0.05) is 12.2 Å². The third kappa shape index (κ3) is 1.99. The zero-order valence-corrected chi connectivity index (χ0v) is 5.51. The SMILES string of the molecule is [B]C1CCCNCC1O. The lowest BCUT2D eigenvalue weighted by Gasteiger charge is -2.13. The second-order valence-electron chi connectivity index (χ2n) is 2.58. The van der Waals surface area contributed by atoms with Crippen molar-refractivity contribution in [3.05, 3.63) is 0 Å². The molecular weight excluding hydrogens is 113 g/mol. The number of β-amino-alcohol motifs (C(OH)–C–C–N with tert-alkyl or cyclic N) is 1. The minimum absolute atomic E-state index is 0.0139. The van der Waals surface area contributed by atoms with Crippen molar-refractivity contribution in [3.63, 3.8) is 0 Å². The summed E-state index contributed by atoms with van der Waals surface area (Å²) < 4.78 is 0. The largest absolute Gasteiger partial charge is 0.392 e. The quantitative estimate of drug-likeness (QED) is 0.435. The van der Waals surface area contributed by atoms with Crippen molar-refractivity contribution in [2.24, 2.45) is 0 Å². The summed E-state index contributed by atoms with van der Waals surface area (Å²) in [6, 6.07) is 0. The van der Waals surface area contributed by atoms with E-state index < -0.39 is 0 Å². The third-order valence-electron chi connectivity index (χ3n) is 1.74. The number of nitrogens with one attached hydrogen (secondary N) is 1. The minimum atomic E-state index is -0.340. The Kier molecular flexibility index (Phi) is 2.55. The van der Waals surface area contributed by atoms with Crippen LogP contribution in [0.3, 0.4) is 0 Å². The molecule has 0 saturated carbocycles. The molecule has 1 heterocycles. The van der Waals surface area contributed by atoms with Crippen molar-refractivity contribution in [2.45, 2.75) is 24.8 Å². The Morgan fingerprint density at radius 3 is 3.11 bits per heavy atom. The summed E-state index contributed by atoms with van der Waals surface area (Å²) in [4.78, 5) is 0. The van der Waals surface area contributed by atoms with E-state index in [1.807, 2.05) is 0 Å². The van der Waals surface area contributed by atoms with Crippen molar-refractivity contribution in [1.29, 1.82) is 0 Å². The first-order valence-electron chi connectivity index (χ1n) is 3.45. The highest BCUT2D eigenvalue weighted by Gasteiger charge is 2.15. The molecule has 1 fully saturated rings. The van der Waals surface area contributed by atoms with E-state index >= 15 is 0 Å². The maximum absolute atomic E-state index is 9.17. The van der Waals surface area contributed by atoms with Crippen LogP contribution in [0.2, 0.25) is 5.82 Å². The summed E-state index contributed by atoms with van der Waals surface area (Å²) in [5, 5.41) is 12.3. The third-order valence-corrected chi connectivity index (χ3v) is 1.74. The van der Waals surface area contributed by atoms with Gasteiger partial charge in [0.05, 0.1) is 14.0 Å². The highest BCUT2D eigenvalue weighted by molar-refractivity contribution is 6.12. The van der Waals surface area contributed by atoms with Crippen LogP contribution in [0, 0.1) is 0 Å². The van der Waals surface area contributed by atoms with E-state index in [0.717, 1.165) is 19.4 Å². The summed E-state index contributed by atoms with van der Waals surface area (Å²) in [7, 11) is 5.59. The van der Waals surface area contributed by atoms with Gasteiger partial charge < -0.3 is 10.4 Å². The van der Waals surface area contributed by atoms with E-state index in [0.29, 0.717) is 6.54 Å². The highest BCUT2D eigenvalue weighted by atomic mass is 16.3. The van der Waals surface area contributed by atoms with Gasteiger partial charge in [0.25, 0.3) is 0 Å². The molecule has 1 rings (SSSR count). The smallest absolute Gasteiger partial charge is 0.0735 e. The fourth-order valence-corrected chi connectivity index (χ4v) is 1.06. The molecule has 2 N–H and O–H groups in total. The Balaban J connectivity index is 2.32. The Morgan fingerprint density at radius 2 is 2.33 bits per heavy atom. The van der Waals surface area contributed by atoms with Crippen LogP contribution in [0.1, 0.15) is 12.8 Å². The first-order chi connectivity index (χ1) is 4.30. The van der Waals surface area contributed by atoms with Crippen molar-refractivity contribution >= 4 is 7.85 Å². The fourth-order valence-electron chi connectivity index (χ4n) is 1.06. The summed E-state index contributed by atoms with van der Waals surface area (Å²) in [6.07, 6.45) is 1.68. The molecule has 1 aliphatic rings. The van der Waals surface area contributed by atoms with Gasteiger partial charge in [-0.3, -0.25) is 0 Å². The summed E-state index contributed by atoms with van der Waals surface area (Å²) in [5.41, 5.74) is 0. The van der Waals surface area contributed by atoms with E-state index in [1.165, 1.54) is 0 Å². The van der Waals surface area contributed by atoms with Crippen LogP contribution < -0.4 is 5.32 Å². The number of aliphatic hydroxyl groups excluding tert-OH is 1. The van der Waals surface area contributed by atoms with Crippen LogP contribution in [-0.2, 0) is 0 Å². The van der Waals surface area contributed by atoms with Gasteiger partial charge in [0.2, 0.25) is 0 Å². The monoisotopic (exact) mass is 125 g/mol. The Hall–Kier alpha value is -0.0151. The van der Waals surface area contributed by atoms with Crippen molar-refractivity contribution in [3.8, 4) is 0 Å². The van der Waals surface area contributed by atoms with E-state index in [-0.39, 0.29) is 11.9 Å². The second-order valence-corrected chi connectivity index (χ2v) is 2.58. The number of aliphatic hydroxyl groups is 1. The number of hydrogen-bond donors (Lipinski definition) is 2. The molecule has 0 bridgehead atoms. The van der Waals surface area contributed by atoms with Gasteiger partial charge in [0.15, 0.2) is 0 Å². The molecule has 0 aromatic rings. The summed E-state index contributed by atoms with van der Waals surface area (Å²) >= 11 is 0. The van der Waals surface area contributed by atoms with E-state index in [2.05, 4.69) is 5.32 Å². The zero-order chi connectivity index (χ0) is 6.69. The number of rotatable bonds is 0. The van der Waals surface area contributed by atoms with Crippen LogP contribution in [0.15, 0.2) is 0 Å². The molecule has 3 heteroatoms. The Morgan fingerprint density at radius 1 is 1.56 bits per heavy atom. The Bertz CT molecular complexity index is 79.1. The molecular formula is C6H12BNO. The van der Waals surface area contributed by atoms with Gasteiger partial charge in [-0.15, -0.1) is 0 Å². The van der Waals surface area contributed by atoms with E-state index in [4.69, 9.17) is 7.85 Å². The lowest BCUT2D eigenvalue weighted by Crippen LogP contribution is -2.26. The van der Waals surface area contributed by atoms with Gasteiger partial charge in [0, 0.05) is 6.54 Å². The van der Waals surface area contributed by atoms with Gasteiger partial charge >= 0.3 is 0 Å². The molecule has 0 aromatic heterocycles. The number of hydrogen-bond acceptors (Lipinski definition) is 2. The molecule has 0 spiro atoms. The van der Waals surface area contributed by atoms with Crippen LogP contribution in [-0.4, -0.2) is 32.1 Å². The van der Waals surface area contributed by atoms with Gasteiger partial charge in [-0.25, -0.2) is 0 Å². The zero-order valence-electron chi connectivity index (χ0n) is 5.51. The van der Waals surface area contributed by atoms with Crippen LogP contribution in [0.4, 0.5) is 0 Å². The fraction of sp³-hybridized carbons (Fsp3) is 1.00. The van der Waals surface area contributed by atoms with Gasteiger partial charge in [-0.05, 0) is 13.0 Å². The predicted octanol–water partition coefficient (Wildman–Crippen LogP) is -0.312. The summed E-state index contributed by atoms with van der Waals surface area (Å²) in [6.45, 7) is 1.64. The maximum atomic E-state index is 9.17. The van der Waals surface area contributed by atoms with Crippen LogP contribution in [0.5, 0.6) is 0 Å². The molecule has 0 aromatic carbocycles.